The molecule has 1 aromatic rings. The lowest BCUT2D eigenvalue weighted by atomic mass is 9.84. The van der Waals surface area contributed by atoms with Crippen LogP contribution in [0, 0.1) is 5.92 Å². The number of ether oxygens (including phenoxy) is 1. The summed E-state index contributed by atoms with van der Waals surface area (Å²) in [5.41, 5.74) is 1.22. The van der Waals surface area contributed by atoms with Gasteiger partial charge in [-0.2, -0.15) is 0 Å². The van der Waals surface area contributed by atoms with Crippen molar-refractivity contribution in [3.8, 4) is 5.75 Å². The number of halogens is 1. The highest BCUT2D eigenvalue weighted by atomic mass is 35.5. The fraction of sp³-hybridized carbons (Fsp3) is 0.625. The van der Waals surface area contributed by atoms with Gasteiger partial charge in [0.15, 0.2) is 0 Å². The Balaban J connectivity index is 1.85. The minimum absolute atomic E-state index is 0.584. The van der Waals surface area contributed by atoms with Crippen LogP contribution < -0.4 is 10.1 Å². The third-order valence-electron chi connectivity index (χ3n) is 4.20. The fourth-order valence-corrected chi connectivity index (χ4v) is 3.18. The van der Waals surface area contributed by atoms with Gasteiger partial charge in [0.25, 0.3) is 0 Å². The summed E-state index contributed by atoms with van der Waals surface area (Å²) in [6.07, 6.45) is 6.95. The minimum Gasteiger partial charge on any atom is -0.495 e. The van der Waals surface area contributed by atoms with Crippen molar-refractivity contribution in [3.63, 3.8) is 0 Å². The van der Waals surface area contributed by atoms with Crippen LogP contribution in [-0.4, -0.2) is 13.2 Å². The van der Waals surface area contributed by atoms with Gasteiger partial charge in [0.05, 0.1) is 12.1 Å². The molecule has 0 aliphatic heterocycles. The van der Waals surface area contributed by atoms with E-state index in [0.717, 1.165) is 18.2 Å². The second kappa shape index (κ2) is 7.16. The molecule has 0 radical (unpaired) electrons. The van der Waals surface area contributed by atoms with Crippen LogP contribution in [0.4, 0.5) is 0 Å². The molecule has 0 unspecified atom stereocenters. The highest BCUT2D eigenvalue weighted by Gasteiger charge is 2.19. The molecule has 1 N–H and O–H groups in total. The van der Waals surface area contributed by atoms with Gasteiger partial charge in [-0.25, -0.2) is 0 Å². The molecule has 1 saturated carbocycles. The van der Waals surface area contributed by atoms with Crippen molar-refractivity contribution < 1.29 is 4.74 Å². The second-order valence-electron chi connectivity index (χ2n) is 5.54. The monoisotopic (exact) mass is 281 g/mol. The van der Waals surface area contributed by atoms with Gasteiger partial charge in [0.2, 0.25) is 0 Å². The molecule has 1 aromatic carbocycles. The molecular formula is C16H24ClNO. The highest BCUT2D eigenvalue weighted by Crippen LogP contribution is 2.27. The Morgan fingerprint density at radius 2 is 2.05 bits per heavy atom. The maximum Gasteiger partial charge on any atom is 0.137 e. The van der Waals surface area contributed by atoms with Crippen molar-refractivity contribution in [1.29, 1.82) is 0 Å². The summed E-state index contributed by atoms with van der Waals surface area (Å²) in [5, 5.41) is 4.32. The second-order valence-corrected chi connectivity index (χ2v) is 5.94. The SMILES string of the molecule is COc1ccc(CN[C@@H](C)C2CCCCC2)cc1Cl. The Kier molecular flexibility index (Phi) is 5.53. The summed E-state index contributed by atoms with van der Waals surface area (Å²) in [6.45, 7) is 3.18. The van der Waals surface area contributed by atoms with Crippen LogP contribution >= 0.6 is 11.6 Å². The van der Waals surface area contributed by atoms with E-state index in [9.17, 15) is 0 Å². The van der Waals surface area contributed by atoms with Gasteiger partial charge in [-0.15, -0.1) is 0 Å². The summed E-state index contributed by atoms with van der Waals surface area (Å²) in [4.78, 5) is 0. The van der Waals surface area contributed by atoms with Crippen molar-refractivity contribution in [3.05, 3.63) is 28.8 Å². The van der Waals surface area contributed by atoms with Crippen molar-refractivity contribution in [1.82, 2.24) is 5.32 Å². The van der Waals surface area contributed by atoms with E-state index in [0.29, 0.717) is 11.1 Å². The van der Waals surface area contributed by atoms with E-state index < -0.39 is 0 Å². The third-order valence-corrected chi connectivity index (χ3v) is 4.50. The molecule has 2 rings (SSSR count). The first kappa shape index (κ1) is 14.7. The molecule has 1 aliphatic carbocycles. The number of hydrogen-bond acceptors (Lipinski definition) is 2. The average molecular weight is 282 g/mol. The predicted octanol–water partition coefficient (Wildman–Crippen LogP) is 4.41. The van der Waals surface area contributed by atoms with Gasteiger partial charge in [-0.1, -0.05) is 36.9 Å². The summed E-state index contributed by atoms with van der Waals surface area (Å²) >= 11 is 6.14. The van der Waals surface area contributed by atoms with Crippen LogP contribution in [0.1, 0.15) is 44.6 Å². The van der Waals surface area contributed by atoms with Gasteiger partial charge in [0.1, 0.15) is 5.75 Å². The van der Waals surface area contributed by atoms with E-state index in [1.807, 2.05) is 12.1 Å². The molecule has 0 saturated heterocycles. The zero-order valence-corrected chi connectivity index (χ0v) is 12.7. The Morgan fingerprint density at radius 1 is 1.32 bits per heavy atom. The topological polar surface area (TPSA) is 21.3 Å². The van der Waals surface area contributed by atoms with Crippen molar-refractivity contribution in [2.75, 3.05) is 7.11 Å². The van der Waals surface area contributed by atoms with Crippen LogP contribution in [0.2, 0.25) is 5.02 Å². The molecule has 0 aromatic heterocycles. The number of rotatable bonds is 5. The first-order chi connectivity index (χ1) is 9.20. The zero-order chi connectivity index (χ0) is 13.7. The summed E-state index contributed by atoms with van der Waals surface area (Å²) < 4.78 is 5.17. The van der Waals surface area contributed by atoms with E-state index in [1.165, 1.54) is 37.7 Å². The fourth-order valence-electron chi connectivity index (χ4n) is 2.90. The van der Waals surface area contributed by atoms with Crippen molar-refractivity contribution >= 4 is 11.6 Å². The third kappa shape index (κ3) is 4.12. The van der Waals surface area contributed by atoms with Gasteiger partial charge in [0, 0.05) is 12.6 Å². The maximum atomic E-state index is 6.14. The summed E-state index contributed by atoms with van der Waals surface area (Å²) in [6, 6.07) is 6.58. The molecule has 1 aliphatic rings. The molecule has 19 heavy (non-hydrogen) atoms. The first-order valence-corrected chi connectivity index (χ1v) is 7.64. The molecule has 1 atom stereocenters. The molecule has 2 nitrogen and oxygen atoms in total. The lowest BCUT2D eigenvalue weighted by Crippen LogP contribution is -2.34. The number of benzene rings is 1. The van der Waals surface area contributed by atoms with Gasteiger partial charge in [-0.3, -0.25) is 0 Å². The number of nitrogens with one attached hydrogen (secondary N) is 1. The number of hydrogen-bond donors (Lipinski definition) is 1. The lowest BCUT2D eigenvalue weighted by molar-refractivity contribution is 0.280. The van der Waals surface area contributed by atoms with E-state index in [2.05, 4.69) is 18.3 Å². The molecule has 0 amide bonds. The quantitative estimate of drug-likeness (QED) is 0.863. The Labute approximate surface area is 121 Å². The van der Waals surface area contributed by atoms with Gasteiger partial charge < -0.3 is 10.1 Å². The summed E-state index contributed by atoms with van der Waals surface area (Å²) in [7, 11) is 1.64. The highest BCUT2D eigenvalue weighted by molar-refractivity contribution is 6.32. The van der Waals surface area contributed by atoms with Crippen molar-refractivity contribution in [2.24, 2.45) is 5.92 Å². The normalized spacial score (nSPS) is 18.3. The molecule has 3 heteroatoms. The van der Waals surface area contributed by atoms with E-state index in [1.54, 1.807) is 7.11 Å². The summed E-state index contributed by atoms with van der Waals surface area (Å²) in [5.74, 6) is 1.58. The van der Waals surface area contributed by atoms with Crippen LogP contribution in [0.25, 0.3) is 0 Å². The predicted molar refractivity (Wildman–Crippen MR) is 80.9 cm³/mol. The molecule has 1 fully saturated rings. The minimum atomic E-state index is 0.584. The lowest BCUT2D eigenvalue weighted by Gasteiger charge is -2.28. The molecular weight excluding hydrogens is 258 g/mol. The van der Waals surface area contributed by atoms with Crippen LogP contribution in [-0.2, 0) is 6.54 Å². The average Bonchev–Trinajstić information content (AvgIpc) is 2.46. The standard InChI is InChI=1S/C16H24ClNO/c1-12(14-6-4-3-5-7-14)18-11-13-8-9-16(19-2)15(17)10-13/h8-10,12,14,18H,3-7,11H2,1-2H3/t12-/m0/s1. The van der Waals surface area contributed by atoms with Crippen molar-refractivity contribution in [2.45, 2.75) is 51.6 Å². The van der Waals surface area contributed by atoms with Crippen LogP contribution in [0.15, 0.2) is 18.2 Å². The molecule has 0 bridgehead atoms. The van der Waals surface area contributed by atoms with Gasteiger partial charge in [-0.05, 0) is 43.4 Å². The van der Waals surface area contributed by atoms with Crippen LogP contribution in [0.5, 0.6) is 5.75 Å². The molecule has 0 spiro atoms. The van der Waals surface area contributed by atoms with E-state index >= 15 is 0 Å². The smallest absolute Gasteiger partial charge is 0.137 e. The zero-order valence-electron chi connectivity index (χ0n) is 11.9. The molecule has 0 heterocycles. The number of methoxy groups -OCH3 is 1. The Bertz CT molecular complexity index is 402. The van der Waals surface area contributed by atoms with E-state index in [-0.39, 0.29) is 0 Å². The van der Waals surface area contributed by atoms with Gasteiger partial charge >= 0.3 is 0 Å². The Hall–Kier alpha value is -0.730. The first-order valence-electron chi connectivity index (χ1n) is 7.26. The largest absolute Gasteiger partial charge is 0.495 e. The maximum absolute atomic E-state index is 6.14. The van der Waals surface area contributed by atoms with Crippen LogP contribution in [0.3, 0.4) is 0 Å². The van der Waals surface area contributed by atoms with E-state index in [4.69, 9.17) is 16.3 Å². The Morgan fingerprint density at radius 3 is 2.68 bits per heavy atom. The molecule has 106 valence electrons.